The van der Waals surface area contributed by atoms with Crippen LogP contribution in [0.1, 0.15) is 10.4 Å². The number of nitrogens with one attached hydrogen (secondary N) is 2. The van der Waals surface area contributed by atoms with Crippen LogP contribution in [0.2, 0.25) is 0 Å². The summed E-state index contributed by atoms with van der Waals surface area (Å²) >= 11 is 1.25. The zero-order chi connectivity index (χ0) is 27.4. The number of amides is 1. The number of nitrogens with zero attached hydrogens (tertiary/aromatic N) is 3. The van der Waals surface area contributed by atoms with Gasteiger partial charge in [0.1, 0.15) is 10.7 Å². The van der Waals surface area contributed by atoms with Crippen molar-refractivity contribution >= 4 is 39.6 Å². The van der Waals surface area contributed by atoms with Gasteiger partial charge in [-0.05, 0) is 24.3 Å². The monoisotopic (exact) mass is 544 g/mol. The molecule has 12 heteroatoms. The molecule has 0 aliphatic heterocycles. The first-order valence-electron chi connectivity index (χ1n) is 11.6. The number of carbonyl (C=O) groups excluding carboxylic acids is 1. The van der Waals surface area contributed by atoms with Gasteiger partial charge in [0.25, 0.3) is 11.8 Å². The van der Waals surface area contributed by atoms with E-state index in [0.29, 0.717) is 55.6 Å². The molecule has 2 heterocycles. The molecule has 0 atom stereocenters. The summed E-state index contributed by atoms with van der Waals surface area (Å²) in [4.78, 5) is 21.9. The third-order valence-electron chi connectivity index (χ3n) is 5.60. The summed E-state index contributed by atoms with van der Waals surface area (Å²) < 4.78 is 21.7. The maximum absolute atomic E-state index is 12.5. The van der Waals surface area contributed by atoms with E-state index < -0.39 is 0 Å². The summed E-state index contributed by atoms with van der Waals surface area (Å²) in [6.07, 6.45) is 0. The molecule has 0 radical (unpaired) electrons. The van der Waals surface area contributed by atoms with Gasteiger partial charge in [0, 0.05) is 34.6 Å². The summed E-state index contributed by atoms with van der Waals surface area (Å²) in [6, 6.07) is 19.6. The van der Waals surface area contributed by atoms with Gasteiger partial charge in [-0.3, -0.25) is 4.79 Å². The first-order chi connectivity index (χ1) is 19.0. The van der Waals surface area contributed by atoms with Gasteiger partial charge in [-0.25, -0.2) is 4.98 Å². The second kappa shape index (κ2) is 11.1. The lowest BCUT2D eigenvalue weighted by molar-refractivity contribution is 0.102. The van der Waals surface area contributed by atoms with E-state index in [9.17, 15) is 4.79 Å². The molecule has 0 spiro atoms. The quantitative estimate of drug-likeness (QED) is 0.218. The summed E-state index contributed by atoms with van der Waals surface area (Å²) in [7, 11) is 4.62. The van der Waals surface area contributed by atoms with E-state index in [1.54, 1.807) is 56.7 Å². The van der Waals surface area contributed by atoms with Crippen LogP contribution < -0.4 is 30.6 Å². The number of anilines is 4. The molecular formula is C27H24N6O5S. The van der Waals surface area contributed by atoms with E-state index in [1.165, 1.54) is 18.4 Å². The van der Waals surface area contributed by atoms with Crippen molar-refractivity contribution in [3.05, 3.63) is 72.3 Å². The van der Waals surface area contributed by atoms with Gasteiger partial charge in [-0.2, -0.15) is 4.98 Å². The smallest absolute Gasteiger partial charge is 0.272 e. The molecule has 5 aromatic rings. The average molecular weight is 545 g/mol. The van der Waals surface area contributed by atoms with Crippen molar-refractivity contribution in [3.63, 3.8) is 0 Å². The fraction of sp³-hybridized carbons (Fsp3) is 0.111. The SMILES string of the molecule is COc1cc(Nc2nc(N)c(-c3nc(-c4cccc(NC(=O)c5ccccc5)c4)no3)s2)cc(OC)c1OC. The molecule has 4 N–H and O–H groups in total. The van der Waals surface area contributed by atoms with E-state index in [-0.39, 0.29) is 17.6 Å². The molecule has 39 heavy (non-hydrogen) atoms. The standard InChI is InChI=1S/C27H24N6O5S/c1-35-19-13-18(14-20(36-2)21(19)37-3)30-27-31-23(28)22(39-27)26-32-24(33-38-26)16-10-7-11-17(12-16)29-25(34)15-8-5-4-6-9-15/h4-14H,28H2,1-3H3,(H,29,34)(H,30,31). The molecule has 198 valence electrons. The highest BCUT2D eigenvalue weighted by atomic mass is 32.1. The van der Waals surface area contributed by atoms with Gasteiger partial charge < -0.3 is 35.1 Å². The van der Waals surface area contributed by atoms with Crippen molar-refractivity contribution in [2.24, 2.45) is 0 Å². The number of ether oxygens (including phenoxy) is 3. The highest BCUT2D eigenvalue weighted by molar-refractivity contribution is 7.19. The van der Waals surface area contributed by atoms with Gasteiger partial charge in [0.15, 0.2) is 16.6 Å². The molecule has 11 nitrogen and oxygen atoms in total. The van der Waals surface area contributed by atoms with Crippen LogP contribution in [0.3, 0.4) is 0 Å². The van der Waals surface area contributed by atoms with Gasteiger partial charge in [-0.1, -0.05) is 46.8 Å². The molecule has 1 amide bonds. The average Bonchev–Trinajstić information content (AvgIpc) is 3.59. The summed E-state index contributed by atoms with van der Waals surface area (Å²) in [5.41, 5.74) is 8.66. The lowest BCUT2D eigenvalue weighted by Crippen LogP contribution is -2.11. The minimum atomic E-state index is -0.217. The molecule has 0 bridgehead atoms. The Balaban J connectivity index is 1.35. The van der Waals surface area contributed by atoms with Crippen LogP contribution in [0.4, 0.5) is 22.3 Å². The minimum absolute atomic E-state index is 0.217. The molecule has 2 aromatic heterocycles. The predicted molar refractivity (Wildman–Crippen MR) is 149 cm³/mol. The Morgan fingerprint density at radius 1 is 0.897 bits per heavy atom. The number of rotatable bonds is 9. The second-order valence-electron chi connectivity index (χ2n) is 8.10. The predicted octanol–water partition coefficient (Wildman–Crippen LogP) is 5.46. The number of methoxy groups -OCH3 is 3. The lowest BCUT2D eigenvalue weighted by atomic mass is 10.1. The van der Waals surface area contributed by atoms with Crippen LogP contribution in [0.15, 0.2) is 71.3 Å². The van der Waals surface area contributed by atoms with Crippen molar-refractivity contribution < 1.29 is 23.5 Å². The highest BCUT2D eigenvalue weighted by Crippen LogP contribution is 2.42. The molecule has 0 unspecified atom stereocenters. The Labute approximate surface area is 227 Å². The highest BCUT2D eigenvalue weighted by Gasteiger charge is 2.20. The summed E-state index contributed by atoms with van der Waals surface area (Å²) in [6.45, 7) is 0. The number of carbonyl (C=O) groups is 1. The number of aromatic nitrogens is 3. The molecule has 3 aromatic carbocycles. The van der Waals surface area contributed by atoms with Crippen LogP contribution in [0.5, 0.6) is 17.2 Å². The molecule has 0 saturated carbocycles. The van der Waals surface area contributed by atoms with E-state index in [2.05, 4.69) is 25.8 Å². The Kier molecular flexibility index (Phi) is 7.28. The summed E-state index contributed by atoms with van der Waals surface area (Å²) in [5.74, 6) is 2.04. The van der Waals surface area contributed by atoms with E-state index in [1.807, 2.05) is 24.3 Å². The number of nitrogens with two attached hydrogens (primary N) is 1. The molecule has 0 aliphatic rings. The number of thiazole rings is 1. The zero-order valence-electron chi connectivity index (χ0n) is 21.2. The molecule has 0 aliphatic carbocycles. The first kappa shape index (κ1) is 25.5. The Bertz CT molecular complexity index is 1590. The zero-order valence-corrected chi connectivity index (χ0v) is 22.0. The minimum Gasteiger partial charge on any atom is -0.493 e. The largest absolute Gasteiger partial charge is 0.493 e. The van der Waals surface area contributed by atoms with Crippen molar-refractivity contribution in [1.29, 1.82) is 0 Å². The maximum Gasteiger partial charge on any atom is 0.272 e. The number of hydrogen-bond donors (Lipinski definition) is 3. The number of benzene rings is 3. The van der Waals surface area contributed by atoms with Crippen molar-refractivity contribution in [3.8, 4) is 39.4 Å². The molecule has 0 fully saturated rings. The number of hydrogen-bond acceptors (Lipinski definition) is 11. The number of nitrogen functional groups attached to an aromatic ring is 1. The molecule has 5 rings (SSSR count). The van der Waals surface area contributed by atoms with E-state index in [4.69, 9.17) is 24.5 Å². The fourth-order valence-electron chi connectivity index (χ4n) is 3.78. The van der Waals surface area contributed by atoms with Crippen LogP contribution >= 0.6 is 11.3 Å². The van der Waals surface area contributed by atoms with E-state index in [0.717, 1.165) is 0 Å². The first-order valence-corrected chi connectivity index (χ1v) is 12.4. The van der Waals surface area contributed by atoms with Crippen LogP contribution in [-0.2, 0) is 0 Å². The summed E-state index contributed by atoms with van der Waals surface area (Å²) in [5, 5.41) is 10.7. The fourth-order valence-corrected chi connectivity index (χ4v) is 4.60. The van der Waals surface area contributed by atoms with E-state index >= 15 is 0 Å². The lowest BCUT2D eigenvalue weighted by Gasteiger charge is -2.14. The Morgan fingerprint density at radius 2 is 1.64 bits per heavy atom. The van der Waals surface area contributed by atoms with Crippen LogP contribution in [-0.4, -0.2) is 42.4 Å². The van der Waals surface area contributed by atoms with Gasteiger partial charge in [0.2, 0.25) is 11.6 Å². The van der Waals surface area contributed by atoms with Crippen molar-refractivity contribution in [2.45, 2.75) is 0 Å². The van der Waals surface area contributed by atoms with Crippen molar-refractivity contribution in [1.82, 2.24) is 15.1 Å². The van der Waals surface area contributed by atoms with Crippen molar-refractivity contribution in [2.75, 3.05) is 37.7 Å². The van der Waals surface area contributed by atoms with Gasteiger partial charge in [0.05, 0.1) is 21.3 Å². The molecule has 0 saturated heterocycles. The third kappa shape index (κ3) is 5.45. The molecular weight excluding hydrogens is 520 g/mol. The topological polar surface area (TPSA) is 147 Å². The maximum atomic E-state index is 12.5. The third-order valence-corrected chi connectivity index (χ3v) is 6.58. The Hall–Kier alpha value is -5.10. The normalized spacial score (nSPS) is 10.6. The van der Waals surface area contributed by atoms with Gasteiger partial charge >= 0.3 is 0 Å². The van der Waals surface area contributed by atoms with Gasteiger partial charge in [-0.15, -0.1) is 0 Å². The van der Waals surface area contributed by atoms with Crippen LogP contribution in [0, 0.1) is 0 Å². The second-order valence-corrected chi connectivity index (χ2v) is 9.10. The Morgan fingerprint density at radius 3 is 2.33 bits per heavy atom. The van der Waals surface area contributed by atoms with Crippen LogP contribution in [0.25, 0.3) is 22.2 Å².